The first-order valence-corrected chi connectivity index (χ1v) is 10.7. The summed E-state index contributed by atoms with van der Waals surface area (Å²) >= 11 is 6.16. The van der Waals surface area contributed by atoms with E-state index in [0.29, 0.717) is 33.4 Å². The number of ether oxygens (including phenoxy) is 3. The van der Waals surface area contributed by atoms with Gasteiger partial charge in [-0.15, -0.1) is 0 Å². The number of aliphatic hydroxyl groups excluding tert-OH is 1. The van der Waals surface area contributed by atoms with Crippen molar-refractivity contribution >= 4 is 29.1 Å². The van der Waals surface area contributed by atoms with E-state index in [1.165, 1.54) is 19.1 Å². The third kappa shape index (κ3) is 3.77. The molecule has 0 spiro atoms. The van der Waals surface area contributed by atoms with Gasteiger partial charge >= 0.3 is 5.97 Å². The highest BCUT2D eigenvalue weighted by molar-refractivity contribution is 6.30. The molecular weight excluding hydrogens is 446 g/mol. The lowest BCUT2D eigenvalue weighted by molar-refractivity contribution is -0.152. The minimum Gasteiger partial charge on any atom is -0.497 e. The first-order chi connectivity index (χ1) is 15.9. The van der Waals surface area contributed by atoms with Crippen LogP contribution in [0.4, 0.5) is 0 Å². The molecule has 7 nitrogen and oxygen atoms in total. The van der Waals surface area contributed by atoms with Gasteiger partial charge in [0.1, 0.15) is 18.2 Å². The highest BCUT2D eigenvalue weighted by Gasteiger charge is 2.49. The molecule has 1 atom stereocenters. The minimum atomic E-state index is -1.42. The van der Waals surface area contributed by atoms with Crippen LogP contribution in [0.3, 0.4) is 0 Å². The summed E-state index contributed by atoms with van der Waals surface area (Å²) in [5.74, 6) is 0.436. The van der Waals surface area contributed by atoms with E-state index in [-0.39, 0.29) is 18.6 Å². The number of benzene rings is 2. The molecule has 33 heavy (non-hydrogen) atoms. The molecule has 0 aromatic heterocycles. The Morgan fingerprint density at radius 2 is 1.94 bits per heavy atom. The van der Waals surface area contributed by atoms with Crippen molar-refractivity contribution in [3.8, 4) is 11.5 Å². The number of Topliss-reactive ketones (excluding diaryl/α,β-unsaturated/α-hetero) is 1. The predicted molar refractivity (Wildman–Crippen MR) is 123 cm³/mol. The largest absolute Gasteiger partial charge is 0.497 e. The topological polar surface area (TPSA) is 85.3 Å². The molecule has 2 aromatic rings. The summed E-state index contributed by atoms with van der Waals surface area (Å²) in [6, 6.07) is 10.6. The smallest absolute Gasteiger partial charge is 0.336 e. The van der Waals surface area contributed by atoms with E-state index in [9.17, 15) is 14.7 Å². The number of fused-ring (bicyclic) bond motifs is 2. The Kier molecular flexibility index (Phi) is 6.19. The van der Waals surface area contributed by atoms with Crippen molar-refractivity contribution in [2.75, 3.05) is 28.1 Å². The average Bonchev–Trinajstić information content (AvgIpc) is 2.83. The summed E-state index contributed by atoms with van der Waals surface area (Å²) in [6.07, 6.45) is 3.58. The Morgan fingerprint density at radius 3 is 2.61 bits per heavy atom. The van der Waals surface area contributed by atoms with Crippen molar-refractivity contribution in [3.05, 3.63) is 75.8 Å². The Morgan fingerprint density at radius 1 is 1.15 bits per heavy atom. The number of methoxy groups -OCH3 is 3. The van der Waals surface area contributed by atoms with Crippen LogP contribution in [0.15, 0.2) is 54.1 Å². The second-order valence-electron chi connectivity index (χ2n) is 7.84. The van der Waals surface area contributed by atoms with Crippen LogP contribution in [-0.4, -0.2) is 55.4 Å². The van der Waals surface area contributed by atoms with Gasteiger partial charge in [-0.3, -0.25) is 4.79 Å². The molecular formula is C25H24ClNO6. The van der Waals surface area contributed by atoms with Gasteiger partial charge in [0, 0.05) is 35.1 Å². The number of halogens is 1. The van der Waals surface area contributed by atoms with Gasteiger partial charge in [-0.2, -0.15) is 0 Å². The van der Waals surface area contributed by atoms with E-state index in [1.54, 1.807) is 55.7 Å². The molecule has 1 N–H and O–H groups in total. The minimum absolute atomic E-state index is 0.116. The van der Waals surface area contributed by atoms with Crippen molar-refractivity contribution in [2.45, 2.75) is 18.4 Å². The molecule has 0 saturated carbocycles. The first-order valence-electron chi connectivity index (χ1n) is 10.3. The normalized spacial score (nSPS) is 19.2. The fourth-order valence-electron chi connectivity index (χ4n) is 4.52. The number of allylic oxidation sites excluding steroid dienone is 2. The molecule has 2 aromatic carbocycles. The van der Waals surface area contributed by atoms with E-state index in [2.05, 4.69) is 0 Å². The number of hydrogen-bond acceptors (Lipinski definition) is 7. The standard InChI is InChI=1S/C25H24ClNO6/c1-31-18-6-4-15(22(12-18)32-2)13-25(24(30)33-3)9-8-20-21(29)11-16-10-17(26)5-7-19(16)23(20)27(25)14-28/h4-10,12,28H,11,13-14H2,1-3H3. The quantitative estimate of drug-likeness (QED) is 0.650. The number of carbonyl (C=O) groups is 2. The number of rotatable bonds is 6. The van der Waals surface area contributed by atoms with Gasteiger partial charge in [-0.1, -0.05) is 29.8 Å². The molecule has 0 bridgehead atoms. The zero-order valence-corrected chi connectivity index (χ0v) is 19.3. The molecule has 0 fully saturated rings. The fraction of sp³-hybridized carbons (Fsp3) is 0.280. The number of nitrogens with zero attached hydrogens (tertiary/aromatic N) is 1. The molecule has 4 rings (SSSR count). The van der Waals surface area contributed by atoms with Crippen LogP contribution < -0.4 is 9.47 Å². The van der Waals surface area contributed by atoms with Crippen molar-refractivity contribution < 1.29 is 28.9 Å². The SMILES string of the molecule is COC(=O)C1(Cc2ccc(OC)cc2OC)C=CC2=C(c3ccc(Cl)cc3CC2=O)N1CO. The molecule has 1 aliphatic carbocycles. The Hall–Kier alpha value is -3.29. The molecule has 0 amide bonds. The second-order valence-corrected chi connectivity index (χ2v) is 8.27. The van der Waals surface area contributed by atoms with E-state index in [1.807, 2.05) is 0 Å². The predicted octanol–water partition coefficient (Wildman–Crippen LogP) is 3.17. The molecule has 1 unspecified atom stereocenters. The van der Waals surface area contributed by atoms with Crippen LogP contribution in [0.1, 0.15) is 16.7 Å². The van der Waals surface area contributed by atoms with Gasteiger partial charge in [-0.25, -0.2) is 4.79 Å². The van der Waals surface area contributed by atoms with Crippen molar-refractivity contribution in [2.24, 2.45) is 0 Å². The molecule has 2 aliphatic rings. The maximum absolute atomic E-state index is 13.3. The number of aliphatic hydroxyl groups is 1. The van der Waals surface area contributed by atoms with Crippen LogP contribution in [0, 0.1) is 0 Å². The second kappa shape index (κ2) is 8.92. The highest BCUT2D eigenvalue weighted by Crippen LogP contribution is 2.43. The highest BCUT2D eigenvalue weighted by atomic mass is 35.5. The van der Waals surface area contributed by atoms with E-state index < -0.39 is 18.2 Å². The Bertz CT molecular complexity index is 1190. The van der Waals surface area contributed by atoms with E-state index >= 15 is 0 Å². The fourth-order valence-corrected chi connectivity index (χ4v) is 4.72. The van der Waals surface area contributed by atoms with Crippen LogP contribution >= 0.6 is 11.6 Å². The molecule has 0 saturated heterocycles. The lowest BCUT2D eigenvalue weighted by Gasteiger charge is -2.45. The zero-order chi connectivity index (χ0) is 23.8. The van der Waals surface area contributed by atoms with Gasteiger partial charge in [0.05, 0.1) is 27.0 Å². The summed E-state index contributed by atoms with van der Waals surface area (Å²) in [7, 11) is 4.38. The number of carbonyl (C=O) groups excluding carboxylic acids is 2. The molecule has 8 heteroatoms. The van der Waals surface area contributed by atoms with Crippen molar-refractivity contribution in [3.63, 3.8) is 0 Å². The van der Waals surface area contributed by atoms with Crippen LogP contribution in [0.25, 0.3) is 5.70 Å². The first kappa shape index (κ1) is 22.9. The van der Waals surface area contributed by atoms with Crippen LogP contribution in [0.2, 0.25) is 5.02 Å². The van der Waals surface area contributed by atoms with Gasteiger partial charge in [0.25, 0.3) is 0 Å². The Balaban J connectivity index is 1.89. The van der Waals surface area contributed by atoms with Crippen molar-refractivity contribution in [1.82, 2.24) is 4.90 Å². The summed E-state index contributed by atoms with van der Waals surface area (Å²) in [4.78, 5) is 27.7. The lowest BCUT2D eigenvalue weighted by Crippen LogP contribution is -2.57. The summed E-state index contributed by atoms with van der Waals surface area (Å²) < 4.78 is 16.0. The van der Waals surface area contributed by atoms with Gasteiger partial charge in [0.2, 0.25) is 0 Å². The summed E-state index contributed by atoms with van der Waals surface area (Å²) in [6.45, 7) is -0.522. The molecule has 1 heterocycles. The van der Waals surface area contributed by atoms with Gasteiger partial charge in [0.15, 0.2) is 11.3 Å². The van der Waals surface area contributed by atoms with E-state index in [4.69, 9.17) is 25.8 Å². The van der Waals surface area contributed by atoms with Crippen LogP contribution in [0.5, 0.6) is 11.5 Å². The van der Waals surface area contributed by atoms with Crippen LogP contribution in [-0.2, 0) is 27.2 Å². The third-order valence-corrected chi connectivity index (χ3v) is 6.38. The lowest BCUT2D eigenvalue weighted by atomic mass is 9.79. The third-order valence-electron chi connectivity index (χ3n) is 6.14. The number of ketones is 1. The molecule has 0 radical (unpaired) electrons. The zero-order valence-electron chi connectivity index (χ0n) is 18.6. The summed E-state index contributed by atoms with van der Waals surface area (Å²) in [5.41, 5.74) is 1.66. The maximum atomic E-state index is 13.3. The van der Waals surface area contributed by atoms with Gasteiger partial charge < -0.3 is 24.2 Å². The van der Waals surface area contributed by atoms with E-state index in [0.717, 1.165) is 11.1 Å². The number of esters is 1. The summed E-state index contributed by atoms with van der Waals surface area (Å²) in [5, 5.41) is 11.0. The van der Waals surface area contributed by atoms with Crippen molar-refractivity contribution in [1.29, 1.82) is 0 Å². The Labute approximate surface area is 196 Å². The average molecular weight is 470 g/mol. The molecule has 172 valence electrons. The number of hydrogen-bond donors (Lipinski definition) is 1. The van der Waals surface area contributed by atoms with Gasteiger partial charge in [-0.05, 0) is 35.4 Å². The monoisotopic (exact) mass is 469 g/mol. The molecule has 1 aliphatic heterocycles. The maximum Gasteiger partial charge on any atom is 0.336 e.